The van der Waals surface area contributed by atoms with Crippen molar-refractivity contribution >= 4 is 33.3 Å². The van der Waals surface area contributed by atoms with Gasteiger partial charge in [0.05, 0.1) is 5.69 Å². The molecule has 0 fully saturated rings. The highest BCUT2D eigenvalue weighted by Gasteiger charge is 2.10. The third-order valence-corrected chi connectivity index (χ3v) is 3.91. The second-order valence-electron chi connectivity index (χ2n) is 4.49. The molecule has 0 atom stereocenters. The molecule has 0 saturated heterocycles. The number of halogens is 2. The number of rotatable bonds is 2. The van der Waals surface area contributed by atoms with Crippen molar-refractivity contribution in [2.75, 3.05) is 5.73 Å². The number of nitrogens with zero attached hydrogens (tertiary/aromatic N) is 2. The summed E-state index contributed by atoms with van der Waals surface area (Å²) in [5.41, 5.74) is 8.51. The van der Waals surface area contributed by atoms with Crippen LogP contribution in [0.2, 0.25) is 5.02 Å². The summed E-state index contributed by atoms with van der Waals surface area (Å²) in [6.45, 7) is 0. The van der Waals surface area contributed by atoms with Crippen molar-refractivity contribution in [1.82, 2.24) is 9.97 Å². The van der Waals surface area contributed by atoms with E-state index in [1.54, 1.807) is 12.1 Å². The van der Waals surface area contributed by atoms with Crippen molar-refractivity contribution in [3.63, 3.8) is 0 Å². The molecule has 1 aromatic heterocycles. The Morgan fingerprint density at radius 3 is 2.48 bits per heavy atom. The van der Waals surface area contributed by atoms with E-state index in [2.05, 4.69) is 25.9 Å². The van der Waals surface area contributed by atoms with E-state index in [9.17, 15) is 0 Å². The predicted octanol–water partition coefficient (Wildman–Crippen LogP) is 4.81. The maximum atomic E-state index is 6.06. The largest absolute Gasteiger partial charge is 0.384 e. The fourth-order valence-electron chi connectivity index (χ4n) is 2.01. The van der Waals surface area contributed by atoms with Crippen LogP contribution in [0, 0.1) is 0 Å². The van der Waals surface area contributed by atoms with Gasteiger partial charge in [-0.05, 0) is 18.2 Å². The van der Waals surface area contributed by atoms with E-state index in [0.717, 1.165) is 21.3 Å². The molecule has 2 N–H and O–H groups in total. The molecule has 0 amide bonds. The zero-order chi connectivity index (χ0) is 14.8. The van der Waals surface area contributed by atoms with E-state index in [4.69, 9.17) is 17.3 Å². The lowest BCUT2D eigenvalue weighted by molar-refractivity contribution is 1.18. The highest BCUT2D eigenvalue weighted by molar-refractivity contribution is 9.10. The monoisotopic (exact) mass is 359 g/mol. The maximum absolute atomic E-state index is 6.06. The molecule has 0 unspecified atom stereocenters. The first-order chi connectivity index (χ1) is 10.1. The van der Waals surface area contributed by atoms with Gasteiger partial charge in [-0.15, -0.1) is 0 Å². The predicted molar refractivity (Wildman–Crippen MR) is 90.0 cm³/mol. The molecule has 3 nitrogen and oxygen atoms in total. The summed E-state index contributed by atoms with van der Waals surface area (Å²) in [7, 11) is 0. The summed E-state index contributed by atoms with van der Waals surface area (Å²) < 4.78 is 0.872. The van der Waals surface area contributed by atoms with Crippen LogP contribution in [-0.4, -0.2) is 9.97 Å². The van der Waals surface area contributed by atoms with Gasteiger partial charge in [0.15, 0.2) is 5.82 Å². The Hall–Kier alpha value is -1.91. The molecular weight excluding hydrogens is 350 g/mol. The minimum atomic E-state index is 0.422. The van der Waals surface area contributed by atoms with Crippen LogP contribution in [0.1, 0.15) is 0 Å². The van der Waals surface area contributed by atoms with Crippen LogP contribution in [-0.2, 0) is 0 Å². The Labute approximate surface area is 135 Å². The van der Waals surface area contributed by atoms with Crippen molar-refractivity contribution in [2.45, 2.75) is 0 Å². The minimum absolute atomic E-state index is 0.422. The Bertz CT molecular complexity index is 791. The molecule has 104 valence electrons. The van der Waals surface area contributed by atoms with E-state index < -0.39 is 0 Å². The first-order valence-corrected chi connectivity index (χ1v) is 7.46. The van der Waals surface area contributed by atoms with Gasteiger partial charge in [-0.3, -0.25) is 0 Å². The number of benzene rings is 2. The lowest BCUT2D eigenvalue weighted by Gasteiger charge is -2.08. The summed E-state index contributed by atoms with van der Waals surface area (Å²) in [5.74, 6) is 0.967. The van der Waals surface area contributed by atoms with Crippen LogP contribution in [0.25, 0.3) is 22.6 Å². The van der Waals surface area contributed by atoms with E-state index in [-0.39, 0.29) is 0 Å². The topological polar surface area (TPSA) is 51.8 Å². The maximum Gasteiger partial charge on any atom is 0.163 e. The average Bonchev–Trinajstić information content (AvgIpc) is 2.50. The molecule has 1 heterocycles. The van der Waals surface area contributed by atoms with E-state index in [1.165, 1.54) is 0 Å². The van der Waals surface area contributed by atoms with Gasteiger partial charge in [0.2, 0.25) is 0 Å². The van der Waals surface area contributed by atoms with Crippen LogP contribution in [0.15, 0.2) is 59.1 Å². The van der Waals surface area contributed by atoms with Gasteiger partial charge in [-0.2, -0.15) is 0 Å². The smallest absolute Gasteiger partial charge is 0.163 e. The number of nitrogen functional groups attached to an aromatic ring is 1. The van der Waals surface area contributed by atoms with Gasteiger partial charge in [0, 0.05) is 26.7 Å². The Kier molecular flexibility index (Phi) is 3.90. The lowest BCUT2D eigenvalue weighted by atomic mass is 10.1. The average molecular weight is 361 g/mol. The van der Waals surface area contributed by atoms with Crippen LogP contribution in [0.5, 0.6) is 0 Å². The molecule has 0 aliphatic heterocycles. The van der Waals surface area contributed by atoms with Crippen LogP contribution in [0.4, 0.5) is 5.82 Å². The molecule has 0 bridgehead atoms. The Morgan fingerprint density at radius 2 is 1.71 bits per heavy atom. The van der Waals surface area contributed by atoms with Crippen LogP contribution < -0.4 is 5.73 Å². The van der Waals surface area contributed by atoms with Gasteiger partial charge >= 0.3 is 0 Å². The fourth-order valence-corrected chi connectivity index (χ4v) is 2.61. The zero-order valence-electron chi connectivity index (χ0n) is 10.9. The lowest BCUT2D eigenvalue weighted by Crippen LogP contribution is -1.98. The molecule has 3 rings (SSSR count). The van der Waals surface area contributed by atoms with Gasteiger partial charge in [-0.1, -0.05) is 57.9 Å². The second kappa shape index (κ2) is 5.84. The van der Waals surface area contributed by atoms with Crippen LogP contribution in [0.3, 0.4) is 0 Å². The molecule has 0 spiro atoms. The second-order valence-corrected chi connectivity index (χ2v) is 5.78. The molecule has 3 aromatic rings. The number of nitrogens with two attached hydrogens (primary N) is 1. The highest BCUT2D eigenvalue weighted by atomic mass is 79.9. The van der Waals surface area contributed by atoms with Gasteiger partial charge in [-0.25, -0.2) is 9.97 Å². The van der Waals surface area contributed by atoms with Crippen LogP contribution >= 0.6 is 27.5 Å². The molecule has 0 aliphatic rings. The van der Waals surface area contributed by atoms with Gasteiger partial charge in [0.1, 0.15) is 5.82 Å². The van der Waals surface area contributed by atoms with E-state index >= 15 is 0 Å². The van der Waals surface area contributed by atoms with E-state index in [1.807, 2.05) is 42.5 Å². The number of hydrogen-bond acceptors (Lipinski definition) is 3. The van der Waals surface area contributed by atoms with E-state index in [0.29, 0.717) is 16.7 Å². The standard InChI is InChI=1S/C16H11BrClN3/c17-13-7-6-11(18)8-12(13)16-20-14(9-15(19)21-16)10-4-2-1-3-5-10/h1-9H,(H2,19,20,21). The van der Waals surface area contributed by atoms with Crippen molar-refractivity contribution in [3.8, 4) is 22.6 Å². The Morgan fingerprint density at radius 1 is 0.952 bits per heavy atom. The summed E-state index contributed by atoms with van der Waals surface area (Å²) in [6, 6.07) is 17.1. The molecular formula is C16H11BrClN3. The zero-order valence-corrected chi connectivity index (χ0v) is 13.3. The first-order valence-electron chi connectivity index (χ1n) is 6.29. The molecule has 5 heteroatoms. The molecule has 0 aliphatic carbocycles. The van der Waals surface area contributed by atoms with Gasteiger partial charge in [0.25, 0.3) is 0 Å². The Balaban J connectivity index is 2.16. The highest BCUT2D eigenvalue weighted by Crippen LogP contribution is 2.30. The summed E-state index contributed by atoms with van der Waals surface area (Å²) in [6.07, 6.45) is 0. The molecule has 21 heavy (non-hydrogen) atoms. The normalized spacial score (nSPS) is 10.6. The van der Waals surface area contributed by atoms with Crippen molar-refractivity contribution in [1.29, 1.82) is 0 Å². The summed E-state index contributed by atoms with van der Waals surface area (Å²) in [5, 5.41) is 0.625. The molecule has 2 aromatic carbocycles. The third kappa shape index (κ3) is 3.06. The van der Waals surface area contributed by atoms with Crippen molar-refractivity contribution in [2.24, 2.45) is 0 Å². The molecule has 0 saturated carbocycles. The summed E-state index contributed by atoms with van der Waals surface area (Å²) in [4.78, 5) is 8.91. The third-order valence-electron chi connectivity index (χ3n) is 2.98. The molecule has 0 radical (unpaired) electrons. The quantitative estimate of drug-likeness (QED) is 0.713. The first kappa shape index (κ1) is 14.0. The van der Waals surface area contributed by atoms with Crippen molar-refractivity contribution < 1.29 is 0 Å². The SMILES string of the molecule is Nc1cc(-c2ccccc2)nc(-c2cc(Cl)ccc2Br)n1. The van der Waals surface area contributed by atoms with Crippen molar-refractivity contribution in [3.05, 3.63) is 64.1 Å². The van der Waals surface area contributed by atoms with Gasteiger partial charge < -0.3 is 5.73 Å². The summed E-state index contributed by atoms with van der Waals surface area (Å²) >= 11 is 9.55. The number of aromatic nitrogens is 2. The number of anilines is 1. The minimum Gasteiger partial charge on any atom is -0.384 e. The fraction of sp³-hybridized carbons (Fsp3) is 0. The number of hydrogen-bond donors (Lipinski definition) is 1.